The minimum Gasteiger partial charge on any atom is -0.452 e. The Morgan fingerprint density at radius 1 is 1.13 bits per heavy atom. The third kappa shape index (κ3) is 5.18. The molecule has 0 bridgehead atoms. The van der Waals surface area contributed by atoms with Crippen molar-refractivity contribution in [3.63, 3.8) is 0 Å². The Morgan fingerprint density at radius 2 is 1.97 bits per heavy atom. The highest BCUT2D eigenvalue weighted by Gasteiger charge is 2.31. The van der Waals surface area contributed by atoms with Crippen LogP contribution in [0.1, 0.15) is 38.1 Å². The first kappa shape index (κ1) is 26.0. The number of carbonyl (C=O) groups is 2. The average Bonchev–Trinajstić information content (AvgIpc) is 3.49. The molecule has 1 fully saturated rings. The number of amides is 2. The van der Waals surface area contributed by atoms with E-state index in [1.807, 2.05) is 19.1 Å². The molecule has 0 aliphatic carbocycles. The molecule has 3 aromatic rings. The Balaban J connectivity index is 1.47. The molecule has 2 aliphatic rings. The zero-order valence-electron chi connectivity index (χ0n) is 22.4. The Labute approximate surface area is 222 Å². The van der Waals surface area contributed by atoms with Gasteiger partial charge in [0, 0.05) is 76.0 Å². The lowest BCUT2D eigenvalue weighted by atomic mass is 9.96. The first-order chi connectivity index (χ1) is 18.4. The third-order valence-corrected chi connectivity index (χ3v) is 7.76. The molecule has 2 atom stereocenters. The van der Waals surface area contributed by atoms with Crippen LogP contribution < -0.4 is 15.8 Å². The van der Waals surface area contributed by atoms with E-state index in [2.05, 4.69) is 20.9 Å². The molecule has 1 aromatic carbocycles. The second-order valence-electron chi connectivity index (χ2n) is 10.3. The van der Waals surface area contributed by atoms with Gasteiger partial charge in [-0.2, -0.15) is 0 Å². The van der Waals surface area contributed by atoms with Crippen molar-refractivity contribution in [3.8, 4) is 0 Å². The monoisotopic (exact) mass is 520 g/mol. The van der Waals surface area contributed by atoms with Gasteiger partial charge in [0.05, 0.1) is 23.8 Å². The summed E-state index contributed by atoms with van der Waals surface area (Å²) in [6.07, 6.45) is 4.67. The van der Waals surface area contributed by atoms with Crippen LogP contribution in [0.15, 0.2) is 41.3 Å². The first-order valence-electron chi connectivity index (χ1n) is 13.4. The highest BCUT2D eigenvalue weighted by molar-refractivity contribution is 5.95. The van der Waals surface area contributed by atoms with E-state index in [0.717, 1.165) is 73.6 Å². The Kier molecular flexibility index (Phi) is 7.51. The van der Waals surface area contributed by atoms with Gasteiger partial charge in [0.2, 0.25) is 5.91 Å². The lowest BCUT2D eigenvalue weighted by molar-refractivity contribution is -0.119. The quantitative estimate of drug-likeness (QED) is 0.514. The number of carbonyl (C=O) groups excluding carboxylic acids is 2. The molecule has 1 N–H and O–H groups in total. The van der Waals surface area contributed by atoms with Gasteiger partial charge >= 0.3 is 6.09 Å². The number of aromatic nitrogens is 3. The van der Waals surface area contributed by atoms with E-state index in [1.165, 1.54) is 7.11 Å². The van der Waals surface area contributed by atoms with Crippen LogP contribution in [0, 0.1) is 0 Å². The zero-order chi connectivity index (χ0) is 26.8. The smallest absolute Gasteiger partial charge is 0.414 e. The van der Waals surface area contributed by atoms with Crippen LogP contribution in [0.5, 0.6) is 0 Å². The van der Waals surface area contributed by atoms with Crippen LogP contribution in [0.4, 0.5) is 10.5 Å². The summed E-state index contributed by atoms with van der Waals surface area (Å²) in [7, 11) is 1.41. The van der Waals surface area contributed by atoms with Crippen LogP contribution in [-0.2, 0) is 35.5 Å². The maximum Gasteiger partial charge on any atom is 0.414 e. The summed E-state index contributed by atoms with van der Waals surface area (Å²) in [4.78, 5) is 45.6. The Morgan fingerprint density at radius 3 is 2.74 bits per heavy atom. The van der Waals surface area contributed by atoms with Gasteiger partial charge in [-0.1, -0.05) is 6.07 Å². The number of anilines is 1. The Bertz CT molecular complexity index is 1400. The topological polar surface area (TPSA) is 102 Å². The van der Waals surface area contributed by atoms with Crippen molar-refractivity contribution in [2.45, 2.75) is 64.7 Å². The fourth-order valence-corrected chi connectivity index (χ4v) is 5.84. The molecule has 10 nitrogen and oxygen atoms in total. The van der Waals surface area contributed by atoms with Gasteiger partial charge in [0.15, 0.2) is 0 Å². The van der Waals surface area contributed by atoms with Crippen molar-refractivity contribution in [2.24, 2.45) is 0 Å². The normalized spacial score (nSPS) is 19.5. The summed E-state index contributed by atoms with van der Waals surface area (Å²) >= 11 is 0. The van der Waals surface area contributed by atoms with Crippen LogP contribution in [0.2, 0.25) is 0 Å². The summed E-state index contributed by atoms with van der Waals surface area (Å²) in [6.45, 7) is 7.49. The molecule has 2 amide bonds. The van der Waals surface area contributed by atoms with Crippen molar-refractivity contribution < 1.29 is 14.3 Å². The largest absolute Gasteiger partial charge is 0.452 e. The molecular formula is C28H36N6O4. The number of fused-ring (bicyclic) bond motifs is 3. The lowest BCUT2D eigenvalue weighted by Gasteiger charge is -2.34. The fraction of sp³-hybridized carbons (Fsp3) is 0.500. The molecule has 2 aliphatic heterocycles. The third-order valence-electron chi connectivity index (χ3n) is 7.76. The lowest BCUT2D eigenvalue weighted by Crippen LogP contribution is -2.42. The fourth-order valence-electron chi connectivity index (χ4n) is 5.84. The summed E-state index contributed by atoms with van der Waals surface area (Å²) in [5.74, 6) is 0.931. The van der Waals surface area contributed by atoms with Gasteiger partial charge in [-0.25, -0.2) is 9.78 Å². The number of aryl methyl sites for hydroxylation is 3. The number of likely N-dealkylation sites (tertiary alicyclic amines) is 1. The maximum atomic E-state index is 12.6. The van der Waals surface area contributed by atoms with Crippen molar-refractivity contribution >= 4 is 28.7 Å². The SMILES string of the molecule is COC(=O)N1c2ccc3c(nc(CCn4ccccc4=O)n3CCN3CC[C@H](NC(C)=O)C3)c2CC[C@@H]1C. The molecule has 0 radical (unpaired) electrons. The van der Waals surface area contributed by atoms with E-state index in [0.29, 0.717) is 13.0 Å². The van der Waals surface area contributed by atoms with Crippen molar-refractivity contribution in [1.82, 2.24) is 24.3 Å². The molecule has 2 aromatic heterocycles. The van der Waals surface area contributed by atoms with Gasteiger partial charge in [-0.15, -0.1) is 0 Å². The number of methoxy groups -OCH3 is 1. The number of benzene rings is 1. The number of hydrogen-bond acceptors (Lipinski definition) is 6. The van der Waals surface area contributed by atoms with Crippen LogP contribution in [-0.4, -0.2) is 69.8 Å². The van der Waals surface area contributed by atoms with Gasteiger partial charge in [-0.3, -0.25) is 19.4 Å². The number of hydrogen-bond donors (Lipinski definition) is 1. The zero-order valence-corrected chi connectivity index (χ0v) is 22.4. The molecule has 1 saturated heterocycles. The maximum absolute atomic E-state index is 12.6. The molecule has 38 heavy (non-hydrogen) atoms. The number of imidazole rings is 1. The van der Waals surface area contributed by atoms with E-state index in [1.54, 1.807) is 34.7 Å². The predicted molar refractivity (Wildman–Crippen MR) is 145 cm³/mol. The standard InChI is InChI=1S/C28H36N6O4/c1-19-7-8-22-23(34(19)28(37)38-3)9-10-24-27(22)30-25(12-15-32-13-5-4-6-26(32)36)33(24)17-16-31-14-11-21(18-31)29-20(2)35/h4-6,9-10,13,19,21H,7-8,11-12,14-18H2,1-3H3,(H,29,35)/t19-,21-/m0/s1. The van der Waals surface area contributed by atoms with Crippen LogP contribution >= 0.6 is 0 Å². The van der Waals surface area contributed by atoms with E-state index in [4.69, 9.17) is 9.72 Å². The van der Waals surface area contributed by atoms with E-state index >= 15 is 0 Å². The number of nitrogens with zero attached hydrogens (tertiary/aromatic N) is 5. The average molecular weight is 521 g/mol. The molecule has 0 spiro atoms. The minimum atomic E-state index is -0.358. The second-order valence-corrected chi connectivity index (χ2v) is 10.3. The van der Waals surface area contributed by atoms with Crippen LogP contribution in [0.25, 0.3) is 11.0 Å². The molecule has 202 valence electrons. The Hall–Kier alpha value is -3.66. The van der Waals surface area contributed by atoms with Gasteiger partial charge < -0.3 is 19.2 Å². The van der Waals surface area contributed by atoms with Crippen molar-refractivity contribution in [2.75, 3.05) is 31.6 Å². The summed E-state index contributed by atoms with van der Waals surface area (Å²) < 4.78 is 9.05. The minimum absolute atomic E-state index is 0.0102. The molecule has 0 saturated carbocycles. The number of pyridine rings is 1. The van der Waals surface area contributed by atoms with E-state index < -0.39 is 0 Å². The van der Waals surface area contributed by atoms with Crippen molar-refractivity contribution in [1.29, 1.82) is 0 Å². The van der Waals surface area contributed by atoms with Crippen LogP contribution in [0.3, 0.4) is 0 Å². The van der Waals surface area contributed by atoms with Crippen molar-refractivity contribution in [3.05, 3.63) is 58.3 Å². The molecular weight excluding hydrogens is 484 g/mol. The predicted octanol–water partition coefficient (Wildman–Crippen LogP) is 2.56. The number of ether oxygens (including phenoxy) is 1. The summed E-state index contributed by atoms with van der Waals surface area (Å²) in [6, 6.07) is 9.48. The highest BCUT2D eigenvalue weighted by Crippen LogP contribution is 2.36. The summed E-state index contributed by atoms with van der Waals surface area (Å²) in [5.41, 5.74) is 3.84. The molecule has 4 heterocycles. The van der Waals surface area contributed by atoms with Gasteiger partial charge in [0.1, 0.15) is 5.82 Å². The highest BCUT2D eigenvalue weighted by atomic mass is 16.5. The number of rotatable bonds is 7. The van der Waals surface area contributed by atoms with E-state index in [-0.39, 0.29) is 29.6 Å². The van der Waals surface area contributed by atoms with E-state index in [9.17, 15) is 14.4 Å². The first-order valence-corrected chi connectivity index (χ1v) is 13.4. The second kappa shape index (κ2) is 11.0. The molecule has 0 unspecified atom stereocenters. The molecule has 5 rings (SSSR count). The number of nitrogens with one attached hydrogen (secondary N) is 1. The van der Waals surface area contributed by atoms with Gasteiger partial charge in [-0.05, 0) is 44.4 Å². The summed E-state index contributed by atoms with van der Waals surface area (Å²) in [5, 5.41) is 3.03. The molecule has 10 heteroatoms. The van der Waals surface area contributed by atoms with Gasteiger partial charge in [0.25, 0.3) is 5.56 Å².